The molecule has 0 fully saturated rings. The molecule has 4 aliphatic carbocycles. The van der Waals surface area contributed by atoms with Crippen LogP contribution in [0.2, 0.25) is 0 Å². The van der Waals surface area contributed by atoms with Crippen molar-refractivity contribution in [3.63, 3.8) is 0 Å². The number of nitrogens with zero attached hydrogens (tertiary/aromatic N) is 2. The van der Waals surface area contributed by atoms with Crippen LogP contribution in [0.15, 0.2) is 102 Å². The van der Waals surface area contributed by atoms with Gasteiger partial charge in [0.1, 0.15) is 12.0 Å². The number of fused-ring (bicyclic) bond motifs is 7. The molecular weight excluding hydrogens is 476 g/mol. The van der Waals surface area contributed by atoms with Crippen molar-refractivity contribution < 1.29 is 0 Å². The van der Waals surface area contributed by atoms with Gasteiger partial charge in [0.25, 0.3) is 0 Å². The van der Waals surface area contributed by atoms with E-state index in [4.69, 9.17) is 4.99 Å². The first-order valence-corrected chi connectivity index (χ1v) is 14.5. The maximum Gasteiger partial charge on any atom is 0.184 e. The van der Waals surface area contributed by atoms with Crippen LogP contribution in [0.1, 0.15) is 77.7 Å². The highest BCUT2D eigenvalue weighted by atomic mass is 15.4. The molecule has 2 aromatic carbocycles. The summed E-state index contributed by atoms with van der Waals surface area (Å²) in [6.45, 7) is 0. The number of allylic oxidation sites excluding steroid dienone is 7. The molecule has 5 unspecified atom stereocenters. The Kier molecular flexibility index (Phi) is 5.55. The molecule has 4 heteroatoms. The Bertz CT molecular complexity index is 1550. The first kappa shape index (κ1) is 23.0. The fraction of sp³-hybridized carbons (Fsp3) is 0.286. The van der Waals surface area contributed by atoms with E-state index in [2.05, 4.69) is 118 Å². The lowest BCUT2D eigenvalue weighted by Crippen LogP contribution is -2.47. The Hall–Kier alpha value is -3.89. The summed E-state index contributed by atoms with van der Waals surface area (Å²) in [6.07, 6.45) is 22.4. The van der Waals surface area contributed by atoms with Crippen LogP contribution in [0.5, 0.6) is 0 Å². The molecule has 5 aliphatic rings. The molecule has 2 heterocycles. The molecule has 3 aromatic rings. The molecule has 8 rings (SSSR count). The van der Waals surface area contributed by atoms with E-state index in [1.54, 1.807) is 5.57 Å². The standard InChI is InChI=1S/C35H34N4/c1-3-13-25(14-4-1)33-36-34(26-15-5-2-6-16-26)38-35(37-33)39-29-21-19-23-11-7-9-17-27(23)31(29)32-28-18-10-8-12-24(28)20-22-30(32)39/h1-7,9-10,13-18,20,22-24,28,33,35,37H,8,11-12,19,21H2,(H,36,38). The molecule has 5 atom stereocenters. The number of hydrogen-bond acceptors (Lipinski definition) is 3. The van der Waals surface area contributed by atoms with Crippen molar-refractivity contribution in [2.24, 2.45) is 16.8 Å². The van der Waals surface area contributed by atoms with Gasteiger partial charge in [-0.25, -0.2) is 4.99 Å². The van der Waals surface area contributed by atoms with Crippen LogP contribution in [-0.2, 0) is 6.42 Å². The summed E-state index contributed by atoms with van der Waals surface area (Å²) in [6, 6.07) is 21.2. The minimum atomic E-state index is -0.200. The number of nitrogens with one attached hydrogen (secondary N) is 2. The van der Waals surface area contributed by atoms with Crippen molar-refractivity contribution in [1.82, 2.24) is 15.2 Å². The second-order valence-corrected chi connectivity index (χ2v) is 11.4. The van der Waals surface area contributed by atoms with Gasteiger partial charge in [0.15, 0.2) is 6.29 Å². The quantitative estimate of drug-likeness (QED) is 0.364. The van der Waals surface area contributed by atoms with Gasteiger partial charge in [-0.15, -0.1) is 0 Å². The third-order valence-electron chi connectivity index (χ3n) is 9.25. The van der Waals surface area contributed by atoms with Gasteiger partial charge in [0.05, 0.1) is 0 Å². The maximum atomic E-state index is 5.37. The van der Waals surface area contributed by atoms with Crippen molar-refractivity contribution in [2.75, 3.05) is 0 Å². The molecule has 0 spiro atoms. The summed E-state index contributed by atoms with van der Waals surface area (Å²) in [5, 5.41) is 7.60. The summed E-state index contributed by atoms with van der Waals surface area (Å²) in [4.78, 5) is 5.37. The number of amidine groups is 1. The summed E-state index contributed by atoms with van der Waals surface area (Å²) in [5.41, 5.74) is 9.72. The molecule has 0 saturated carbocycles. The Morgan fingerprint density at radius 2 is 1.74 bits per heavy atom. The monoisotopic (exact) mass is 510 g/mol. The van der Waals surface area contributed by atoms with E-state index in [0.29, 0.717) is 17.8 Å². The fourth-order valence-electron chi connectivity index (χ4n) is 7.41. The predicted octanol–water partition coefficient (Wildman–Crippen LogP) is 7.26. The summed E-state index contributed by atoms with van der Waals surface area (Å²) in [7, 11) is 0. The van der Waals surface area contributed by atoms with Crippen molar-refractivity contribution in [3.05, 3.63) is 131 Å². The Morgan fingerprint density at radius 1 is 0.897 bits per heavy atom. The number of benzene rings is 2. The molecule has 4 nitrogen and oxygen atoms in total. The number of aromatic nitrogens is 1. The zero-order valence-corrected chi connectivity index (χ0v) is 22.1. The van der Waals surface area contributed by atoms with Crippen LogP contribution in [0, 0.1) is 11.8 Å². The first-order valence-electron chi connectivity index (χ1n) is 14.5. The van der Waals surface area contributed by atoms with Crippen LogP contribution in [-0.4, -0.2) is 10.4 Å². The van der Waals surface area contributed by atoms with Gasteiger partial charge in [-0.3, -0.25) is 5.32 Å². The third-order valence-corrected chi connectivity index (χ3v) is 9.25. The largest absolute Gasteiger partial charge is 0.350 e. The highest BCUT2D eigenvalue weighted by Crippen LogP contribution is 2.51. The molecule has 0 bridgehead atoms. The topological polar surface area (TPSA) is 41.4 Å². The van der Waals surface area contributed by atoms with Crippen LogP contribution in [0.25, 0.3) is 11.6 Å². The number of hydrogen-bond donors (Lipinski definition) is 2. The Balaban J connectivity index is 1.33. The lowest BCUT2D eigenvalue weighted by Gasteiger charge is -2.35. The minimum absolute atomic E-state index is 0.0410. The van der Waals surface area contributed by atoms with Crippen LogP contribution in [0.4, 0.5) is 0 Å². The molecule has 194 valence electrons. The second kappa shape index (κ2) is 9.39. The van der Waals surface area contributed by atoms with Crippen molar-refractivity contribution >= 4 is 17.5 Å². The zero-order chi connectivity index (χ0) is 25.8. The van der Waals surface area contributed by atoms with Gasteiger partial charge >= 0.3 is 0 Å². The molecule has 0 radical (unpaired) electrons. The van der Waals surface area contributed by atoms with Crippen LogP contribution < -0.4 is 10.6 Å². The molecule has 1 aromatic heterocycles. The van der Waals surface area contributed by atoms with Crippen LogP contribution >= 0.6 is 0 Å². The summed E-state index contributed by atoms with van der Waals surface area (Å²) in [5.74, 6) is 2.60. The van der Waals surface area contributed by atoms with E-state index in [9.17, 15) is 0 Å². The van der Waals surface area contributed by atoms with E-state index in [-0.39, 0.29) is 12.5 Å². The van der Waals surface area contributed by atoms with Gasteiger partial charge in [-0.2, -0.15) is 0 Å². The lowest BCUT2D eigenvalue weighted by molar-refractivity contribution is 0.320. The van der Waals surface area contributed by atoms with E-state index in [1.807, 2.05) is 0 Å². The SMILES string of the molecule is C1=CCC2CCc3c(c4c(n3C3N=C(c5ccccc5)NC(c5ccccc5)N3)C=CC3CCC=CC43)C2=C1. The van der Waals surface area contributed by atoms with Crippen molar-refractivity contribution in [3.8, 4) is 0 Å². The number of aliphatic imine (C=N–C) groups is 1. The lowest BCUT2D eigenvalue weighted by atomic mass is 9.70. The molecule has 0 amide bonds. The average molecular weight is 511 g/mol. The van der Waals surface area contributed by atoms with Crippen molar-refractivity contribution in [2.45, 2.75) is 50.5 Å². The van der Waals surface area contributed by atoms with Gasteiger partial charge in [0, 0.05) is 28.4 Å². The predicted molar refractivity (Wildman–Crippen MR) is 159 cm³/mol. The average Bonchev–Trinajstić information content (AvgIpc) is 3.37. The Labute approximate surface area is 230 Å². The highest BCUT2D eigenvalue weighted by Gasteiger charge is 2.40. The number of rotatable bonds is 3. The maximum absolute atomic E-state index is 5.37. The zero-order valence-electron chi connectivity index (χ0n) is 22.1. The normalized spacial score (nSPS) is 28.4. The van der Waals surface area contributed by atoms with Gasteiger partial charge < -0.3 is 9.88 Å². The molecular formula is C35H34N4. The summed E-state index contributed by atoms with van der Waals surface area (Å²) >= 11 is 0. The van der Waals surface area contributed by atoms with E-state index >= 15 is 0 Å². The van der Waals surface area contributed by atoms with E-state index in [0.717, 1.165) is 24.2 Å². The summed E-state index contributed by atoms with van der Waals surface area (Å²) < 4.78 is 2.55. The highest BCUT2D eigenvalue weighted by molar-refractivity contribution is 5.99. The Morgan fingerprint density at radius 3 is 2.62 bits per heavy atom. The van der Waals surface area contributed by atoms with Crippen LogP contribution in [0.3, 0.4) is 0 Å². The van der Waals surface area contributed by atoms with Crippen molar-refractivity contribution in [1.29, 1.82) is 0 Å². The van der Waals surface area contributed by atoms with Gasteiger partial charge in [0.2, 0.25) is 0 Å². The molecule has 2 N–H and O–H groups in total. The van der Waals surface area contributed by atoms with E-state index in [1.165, 1.54) is 47.3 Å². The second-order valence-electron chi connectivity index (χ2n) is 11.4. The smallest absolute Gasteiger partial charge is 0.184 e. The fourth-order valence-corrected chi connectivity index (χ4v) is 7.41. The van der Waals surface area contributed by atoms with E-state index < -0.39 is 0 Å². The van der Waals surface area contributed by atoms with Gasteiger partial charge in [-0.1, -0.05) is 97.1 Å². The first-order chi connectivity index (χ1) is 19.3. The minimum Gasteiger partial charge on any atom is -0.350 e. The third kappa shape index (κ3) is 3.81. The van der Waals surface area contributed by atoms with Gasteiger partial charge in [-0.05, 0) is 66.7 Å². The molecule has 0 saturated heterocycles. The molecule has 1 aliphatic heterocycles. The molecule has 39 heavy (non-hydrogen) atoms.